The Morgan fingerprint density at radius 3 is 2.63 bits per heavy atom. The van der Waals surface area contributed by atoms with E-state index in [0.29, 0.717) is 31.2 Å². The molecule has 1 N–H and O–H groups in total. The summed E-state index contributed by atoms with van der Waals surface area (Å²) in [5.41, 5.74) is 2.01. The molecule has 0 radical (unpaired) electrons. The number of carbonyl (C=O) groups is 1. The molecule has 3 rings (SSSR count). The Balaban J connectivity index is 0.00000320. The van der Waals surface area contributed by atoms with Gasteiger partial charge in [0, 0.05) is 50.7 Å². The summed E-state index contributed by atoms with van der Waals surface area (Å²) in [5, 5.41) is 6.99. The number of benzene rings is 1. The zero-order chi connectivity index (χ0) is 20.8. The van der Waals surface area contributed by atoms with E-state index in [9.17, 15) is 4.79 Å². The van der Waals surface area contributed by atoms with Gasteiger partial charge in [-0.25, -0.2) is 9.98 Å². The molecule has 164 valence electrons. The van der Waals surface area contributed by atoms with E-state index in [-0.39, 0.29) is 29.9 Å². The molecule has 1 aromatic heterocycles. The zero-order valence-electron chi connectivity index (χ0n) is 17.5. The lowest BCUT2D eigenvalue weighted by atomic mass is 10.2. The summed E-state index contributed by atoms with van der Waals surface area (Å²) in [6.07, 6.45) is 0. The van der Waals surface area contributed by atoms with Crippen LogP contribution in [0.2, 0.25) is 5.02 Å². The fourth-order valence-electron chi connectivity index (χ4n) is 3.02. The molecule has 30 heavy (non-hydrogen) atoms. The predicted molar refractivity (Wildman–Crippen MR) is 135 cm³/mol. The van der Waals surface area contributed by atoms with Crippen LogP contribution < -0.4 is 10.2 Å². The lowest BCUT2D eigenvalue weighted by Gasteiger charge is -2.36. The molecule has 1 aliphatic rings. The second-order valence-corrected chi connectivity index (χ2v) is 8.32. The van der Waals surface area contributed by atoms with E-state index in [4.69, 9.17) is 16.6 Å². The van der Waals surface area contributed by atoms with Crippen molar-refractivity contribution in [1.82, 2.24) is 20.1 Å². The van der Waals surface area contributed by atoms with Gasteiger partial charge in [0.05, 0.1) is 18.8 Å². The first-order valence-corrected chi connectivity index (χ1v) is 10.9. The third-order valence-corrected chi connectivity index (χ3v) is 5.86. The smallest absolute Gasteiger partial charge is 0.242 e. The second kappa shape index (κ2) is 11.7. The molecule has 1 aromatic carbocycles. The van der Waals surface area contributed by atoms with Gasteiger partial charge in [-0.2, -0.15) is 0 Å². The van der Waals surface area contributed by atoms with Gasteiger partial charge in [-0.1, -0.05) is 23.7 Å². The maximum Gasteiger partial charge on any atom is 0.242 e. The summed E-state index contributed by atoms with van der Waals surface area (Å²) >= 11 is 7.55. The summed E-state index contributed by atoms with van der Waals surface area (Å²) < 4.78 is 0. The number of aliphatic imine (C=N–C) groups is 1. The standard InChI is InChI=1S/C20H27ClN6OS.HI/c1-4-22-19(23-11-17-14-29-20(24-17)25(2)3)27-10-9-26(18(28)13-27)12-15-5-7-16(21)8-6-15;/h5-8,14H,4,9-13H2,1-3H3,(H,22,23);1H. The number of hydrogen-bond donors (Lipinski definition) is 1. The number of carbonyl (C=O) groups excluding carboxylic acids is 1. The quantitative estimate of drug-likeness (QED) is 0.333. The van der Waals surface area contributed by atoms with E-state index < -0.39 is 0 Å². The molecule has 0 saturated carbocycles. The molecule has 0 bridgehead atoms. The molecule has 0 spiro atoms. The maximum atomic E-state index is 12.7. The molecule has 1 saturated heterocycles. The topological polar surface area (TPSA) is 64.1 Å². The fourth-order valence-corrected chi connectivity index (χ4v) is 3.90. The number of piperazine rings is 1. The third kappa shape index (κ3) is 6.71. The van der Waals surface area contributed by atoms with Crippen LogP contribution in [0.25, 0.3) is 0 Å². The molecule has 7 nitrogen and oxygen atoms in total. The van der Waals surface area contributed by atoms with Crippen LogP contribution in [0.1, 0.15) is 18.2 Å². The molecular weight excluding hydrogens is 535 g/mol. The summed E-state index contributed by atoms with van der Waals surface area (Å²) in [6, 6.07) is 7.63. The number of guanidine groups is 1. The molecular formula is C20H28ClIN6OS. The van der Waals surface area contributed by atoms with Crippen molar-refractivity contribution < 1.29 is 4.79 Å². The average Bonchev–Trinajstić information content (AvgIpc) is 3.18. The van der Waals surface area contributed by atoms with Crippen LogP contribution in [0.15, 0.2) is 34.6 Å². The number of amides is 1. The van der Waals surface area contributed by atoms with Gasteiger partial charge < -0.3 is 20.0 Å². The van der Waals surface area contributed by atoms with Crippen molar-refractivity contribution in [3.8, 4) is 0 Å². The highest BCUT2D eigenvalue weighted by Crippen LogP contribution is 2.18. The first-order valence-electron chi connectivity index (χ1n) is 9.63. The van der Waals surface area contributed by atoms with Crippen LogP contribution in [0.4, 0.5) is 5.13 Å². The predicted octanol–water partition coefficient (Wildman–Crippen LogP) is 3.29. The Morgan fingerprint density at radius 1 is 1.30 bits per heavy atom. The minimum atomic E-state index is 0. The van der Waals surface area contributed by atoms with Gasteiger partial charge in [-0.15, -0.1) is 35.3 Å². The fraction of sp³-hybridized carbons (Fsp3) is 0.450. The molecule has 0 atom stereocenters. The van der Waals surface area contributed by atoms with E-state index in [1.807, 2.05) is 65.4 Å². The number of hydrogen-bond acceptors (Lipinski definition) is 5. The largest absolute Gasteiger partial charge is 0.356 e. The van der Waals surface area contributed by atoms with Gasteiger partial charge >= 0.3 is 0 Å². The summed E-state index contributed by atoms with van der Waals surface area (Å²) in [6.45, 7) is 5.59. The van der Waals surface area contributed by atoms with E-state index in [0.717, 1.165) is 35.4 Å². The highest BCUT2D eigenvalue weighted by atomic mass is 127. The summed E-state index contributed by atoms with van der Waals surface area (Å²) in [4.78, 5) is 27.9. The third-order valence-electron chi connectivity index (χ3n) is 4.55. The molecule has 2 aromatic rings. The number of rotatable bonds is 6. The van der Waals surface area contributed by atoms with Crippen molar-refractivity contribution in [3.05, 3.63) is 45.9 Å². The lowest BCUT2D eigenvalue weighted by Crippen LogP contribution is -2.54. The number of nitrogens with one attached hydrogen (secondary N) is 1. The van der Waals surface area contributed by atoms with Crippen molar-refractivity contribution in [2.24, 2.45) is 4.99 Å². The van der Waals surface area contributed by atoms with E-state index in [2.05, 4.69) is 10.3 Å². The molecule has 1 amide bonds. The number of aromatic nitrogens is 1. The van der Waals surface area contributed by atoms with Gasteiger partial charge in [0.15, 0.2) is 11.1 Å². The highest BCUT2D eigenvalue weighted by molar-refractivity contribution is 14.0. The normalized spacial score (nSPS) is 14.5. The Labute approximate surface area is 204 Å². The number of anilines is 1. The van der Waals surface area contributed by atoms with Crippen molar-refractivity contribution in [3.63, 3.8) is 0 Å². The van der Waals surface area contributed by atoms with Crippen LogP contribution in [0, 0.1) is 0 Å². The molecule has 10 heteroatoms. The minimum Gasteiger partial charge on any atom is -0.356 e. The van der Waals surface area contributed by atoms with Crippen LogP contribution in [0.3, 0.4) is 0 Å². The second-order valence-electron chi connectivity index (χ2n) is 7.05. The average molecular weight is 563 g/mol. The summed E-state index contributed by atoms with van der Waals surface area (Å²) in [5.74, 6) is 0.853. The van der Waals surface area contributed by atoms with Gasteiger partial charge in [0.25, 0.3) is 0 Å². The molecule has 0 unspecified atom stereocenters. The first-order chi connectivity index (χ1) is 14.0. The van der Waals surface area contributed by atoms with Crippen molar-refractivity contribution in [1.29, 1.82) is 0 Å². The van der Waals surface area contributed by atoms with Crippen LogP contribution in [-0.4, -0.2) is 66.9 Å². The number of nitrogens with zero attached hydrogens (tertiary/aromatic N) is 5. The first kappa shape index (κ1) is 24.7. The maximum absolute atomic E-state index is 12.7. The van der Waals surface area contributed by atoms with Gasteiger partial charge in [-0.05, 0) is 24.6 Å². The van der Waals surface area contributed by atoms with E-state index in [1.165, 1.54) is 0 Å². The molecule has 2 heterocycles. The number of thiazole rings is 1. The monoisotopic (exact) mass is 562 g/mol. The van der Waals surface area contributed by atoms with Crippen LogP contribution in [-0.2, 0) is 17.9 Å². The summed E-state index contributed by atoms with van der Waals surface area (Å²) in [7, 11) is 3.95. The van der Waals surface area contributed by atoms with Crippen LogP contribution in [0.5, 0.6) is 0 Å². The van der Waals surface area contributed by atoms with Gasteiger partial charge in [-0.3, -0.25) is 4.79 Å². The minimum absolute atomic E-state index is 0. The molecule has 1 fully saturated rings. The Kier molecular flexibility index (Phi) is 9.63. The Bertz CT molecular complexity index is 857. The molecule has 1 aliphatic heterocycles. The number of halogens is 2. The SMILES string of the molecule is CCNC(=NCc1csc(N(C)C)n1)N1CCN(Cc2ccc(Cl)cc2)C(=O)C1.I. The lowest BCUT2D eigenvalue weighted by molar-refractivity contribution is -0.135. The Hall–Kier alpha value is -1.59. The van der Waals surface area contributed by atoms with Gasteiger partial charge in [0.1, 0.15) is 0 Å². The van der Waals surface area contributed by atoms with Crippen molar-refractivity contribution in [2.75, 3.05) is 45.2 Å². The molecule has 0 aliphatic carbocycles. The highest BCUT2D eigenvalue weighted by Gasteiger charge is 2.26. The zero-order valence-corrected chi connectivity index (χ0v) is 21.4. The van der Waals surface area contributed by atoms with E-state index >= 15 is 0 Å². The van der Waals surface area contributed by atoms with Crippen LogP contribution >= 0.6 is 46.9 Å². The van der Waals surface area contributed by atoms with Crippen molar-refractivity contribution >= 4 is 63.9 Å². The van der Waals surface area contributed by atoms with Gasteiger partial charge in [0.2, 0.25) is 5.91 Å². The Morgan fingerprint density at radius 2 is 2.03 bits per heavy atom. The van der Waals surface area contributed by atoms with E-state index in [1.54, 1.807) is 11.3 Å². The van der Waals surface area contributed by atoms with Crippen molar-refractivity contribution in [2.45, 2.75) is 20.0 Å².